The Labute approximate surface area is 129 Å². The third-order valence-electron chi connectivity index (χ3n) is 3.41. The molecule has 0 aliphatic rings. The van der Waals surface area contributed by atoms with E-state index in [9.17, 15) is 9.18 Å². The van der Waals surface area contributed by atoms with E-state index in [2.05, 4.69) is 15.9 Å². The predicted octanol–water partition coefficient (Wildman–Crippen LogP) is 5.13. The summed E-state index contributed by atoms with van der Waals surface area (Å²) < 4.78 is 20.2. The van der Waals surface area contributed by atoms with E-state index in [-0.39, 0.29) is 15.8 Å². The second-order valence-electron chi connectivity index (χ2n) is 4.68. The number of rotatable bonds is 3. The standard InChI is InChI=1S/C17H12BrFO2/c1-2-13-15(10-6-3-4-9-14(10)21-13)17(20)11-7-5-8-12(18)16(11)19/h3-9H,2H2,1H3. The van der Waals surface area contributed by atoms with Crippen LogP contribution in [0, 0.1) is 5.82 Å². The molecule has 4 heteroatoms. The topological polar surface area (TPSA) is 30.2 Å². The minimum absolute atomic E-state index is 0.0469. The molecule has 2 aromatic carbocycles. The van der Waals surface area contributed by atoms with Gasteiger partial charge in [-0.3, -0.25) is 4.79 Å². The molecule has 2 nitrogen and oxygen atoms in total. The van der Waals surface area contributed by atoms with E-state index >= 15 is 0 Å². The molecule has 0 bridgehead atoms. The van der Waals surface area contributed by atoms with Gasteiger partial charge in [0, 0.05) is 11.8 Å². The van der Waals surface area contributed by atoms with Crippen LogP contribution in [-0.2, 0) is 6.42 Å². The summed E-state index contributed by atoms with van der Waals surface area (Å²) in [7, 11) is 0. The van der Waals surface area contributed by atoms with E-state index in [1.807, 2.05) is 31.2 Å². The first-order chi connectivity index (χ1) is 10.1. The third kappa shape index (κ3) is 2.29. The smallest absolute Gasteiger partial charge is 0.200 e. The lowest BCUT2D eigenvalue weighted by atomic mass is 9.99. The average Bonchev–Trinajstić information content (AvgIpc) is 2.88. The van der Waals surface area contributed by atoms with E-state index in [1.165, 1.54) is 6.07 Å². The highest BCUT2D eigenvalue weighted by atomic mass is 79.9. The number of benzene rings is 2. The molecular formula is C17H12BrFO2. The fourth-order valence-electron chi connectivity index (χ4n) is 2.41. The van der Waals surface area contributed by atoms with Crippen molar-refractivity contribution in [1.29, 1.82) is 0 Å². The van der Waals surface area contributed by atoms with Crippen LogP contribution in [0.1, 0.15) is 28.6 Å². The van der Waals surface area contributed by atoms with Crippen molar-refractivity contribution in [2.24, 2.45) is 0 Å². The van der Waals surface area contributed by atoms with Crippen LogP contribution in [0.25, 0.3) is 11.0 Å². The molecule has 1 heterocycles. The second-order valence-corrected chi connectivity index (χ2v) is 5.53. The Hall–Kier alpha value is -1.94. The van der Waals surface area contributed by atoms with Crippen molar-refractivity contribution in [2.45, 2.75) is 13.3 Å². The van der Waals surface area contributed by atoms with Gasteiger partial charge in [0.25, 0.3) is 0 Å². The quantitative estimate of drug-likeness (QED) is 0.615. The van der Waals surface area contributed by atoms with Crippen molar-refractivity contribution in [3.05, 3.63) is 69.6 Å². The van der Waals surface area contributed by atoms with Crippen LogP contribution in [0.2, 0.25) is 0 Å². The van der Waals surface area contributed by atoms with Gasteiger partial charge in [-0.25, -0.2) is 4.39 Å². The molecule has 1 aromatic heterocycles. The lowest BCUT2D eigenvalue weighted by Crippen LogP contribution is -2.06. The van der Waals surface area contributed by atoms with Crippen LogP contribution in [0.5, 0.6) is 0 Å². The molecule has 0 aliphatic heterocycles. The van der Waals surface area contributed by atoms with E-state index < -0.39 is 5.82 Å². The zero-order chi connectivity index (χ0) is 15.0. The molecule has 21 heavy (non-hydrogen) atoms. The van der Waals surface area contributed by atoms with Gasteiger partial charge in [0.15, 0.2) is 5.78 Å². The molecule has 0 unspecified atom stereocenters. The summed E-state index contributed by atoms with van der Waals surface area (Å²) in [6.45, 7) is 1.91. The molecule has 0 saturated carbocycles. The molecule has 0 atom stereocenters. The van der Waals surface area contributed by atoms with Gasteiger partial charge in [-0.15, -0.1) is 0 Å². The number of fused-ring (bicyclic) bond motifs is 1. The maximum atomic E-state index is 14.2. The van der Waals surface area contributed by atoms with Crippen molar-refractivity contribution in [3.63, 3.8) is 0 Å². The lowest BCUT2D eigenvalue weighted by Gasteiger charge is -2.04. The van der Waals surface area contributed by atoms with Gasteiger partial charge in [-0.2, -0.15) is 0 Å². The molecule has 0 saturated heterocycles. The molecule has 3 rings (SSSR count). The molecule has 0 radical (unpaired) electrons. The van der Waals surface area contributed by atoms with Crippen molar-refractivity contribution in [3.8, 4) is 0 Å². The summed E-state index contributed by atoms with van der Waals surface area (Å²) in [5, 5.41) is 0.721. The summed E-state index contributed by atoms with van der Waals surface area (Å²) in [6.07, 6.45) is 0.575. The first-order valence-electron chi connectivity index (χ1n) is 6.62. The predicted molar refractivity (Wildman–Crippen MR) is 83.1 cm³/mol. The number of ketones is 1. The van der Waals surface area contributed by atoms with Crippen LogP contribution in [0.4, 0.5) is 4.39 Å². The Kier molecular flexibility index (Phi) is 3.64. The van der Waals surface area contributed by atoms with Crippen molar-refractivity contribution in [1.82, 2.24) is 0 Å². The summed E-state index contributed by atoms with van der Waals surface area (Å²) in [5.41, 5.74) is 1.14. The molecular weight excluding hydrogens is 335 g/mol. The van der Waals surface area contributed by atoms with Gasteiger partial charge < -0.3 is 4.42 Å². The number of furan rings is 1. The highest BCUT2D eigenvalue weighted by molar-refractivity contribution is 9.10. The Bertz CT molecular complexity index is 836. The number of carbonyl (C=O) groups is 1. The summed E-state index contributed by atoms with van der Waals surface area (Å²) in [5.74, 6) is -0.314. The second kappa shape index (κ2) is 5.45. The first-order valence-corrected chi connectivity index (χ1v) is 7.42. The fourth-order valence-corrected chi connectivity index (χ4v) is 2.77. The number of carbonyl (C=O) groups excluding carboxylic acids is 1. The number of hydrogen-bond donors (Lipinski definition) is 0. The minimum atomic E-state index is -0.546. The fraction of sp³-hybridized carbons (Fsp3) is 0.118. The number of halogens is 2. The van der Waals surface area contributed by atoms with Crippen LogP contribution in [0.3, 0.4) is 0 Å². The zero-order valence-electron chi connectivity index (χ0n) is 11.3. The van der Waals surface area contributed by atoms with E-state index in [0.717, 1.165) is 5.39 Å². The van der Waals surface area contributed by atoms with E-state index in [1.54, 1.807) is 12.1 Å². The number of hydrogen-bond acceptors (Lipinski definition) is 2. The molecule has 0 spiro atoms. The Morgan fingerprint density at radius 1 is 1.19 bits per heavy atom. The molecule has 0 aliphatic carbocycles. The molecule has 106 valence electrons. The number of para-hydroxylation sites is 1. The maximum absolute atomic E-state index is 14.2. The van der Waals surface area contributed by atoms with Gasteiger partial charge >= 0.3 is 0 Å². The highest BCUT2D eigenvalue weighted by Gasteiger charge is 2.23. The average molecular weight is 347 g/mol. The monoisotopic (exact) mass is 346 g/mol. The van der Waals surface area contributed by atoms with E-state index in [4.69, 9.17) is 4.42 Å². The normalized spacial score (nSPS) is 11.0. The Morgan fingerprint density at radius 3 is 2.71 bits per heavy atom. The molecule has 3 aromatic rings. The highest BCUT2D eigenvalue weighted by Crippen LogP contribution is 2.30. The first kappa shape index (κ1) is 14.0. The molecule has 0 fully saturated rings. The van der Waals surface area contributed by atoms with Gasteiger partial charge in [-0.05, 0) is 34.1 Å². The van der Waals surface area contributed by atoms with Crippen molar-refractivity contribution >= 4 is 32.7 Å². The summed E-state index contributed by atoms with van der Waals surface area (Å²) in [4.78, 5) is 12.8. The van der Waals surface area contributed by atoms with Crippen LogP contribution >= 0.6 is 15.9 Å². The van der Waals surface area contributed by atoms with Crippen molar-refractivity contribution in [2.75, 3.05) is 0 Å². The molecule has 0 amide bonds. The summed E-state index contributed by atoms with van der Waals surface area (Å²) in [6, 6.07) is 12.0. The van der Waals surface area contributed by atoms with Crippen LogP contribution < -0.4 is 0 Å². The van der Waals surface area contributed by atoms with Gasteiger partial charge in [-0.1, -0.05) is 31.2 Å². The van der Waals surface area contributed by atoms with Gasteiger partial charge in [0.2, 0.25) is 0 Å². The summed E-state index contributed by atoms with van der Waals surface area (Å²) >= 11 is 3.11. The maximum Gasteiger partial charge on any atom is 0.200 e. The van der Waals surface area contributed by atoms with Gasteiger partial charge in [0.05, 0.1) is 15.6 Å². The Morgan fingerprint density at radius 2 is 1.95 bits per heavy atom. The van der Waals surface area contributed by atoms with Crippen LogP contribution in [-0.4, -0.2) is 5.78 Å². The third-order valence-corrected chi connectivity index (χ3v) is 4.03. The van der Waals surface area contributed by atoms with Crippen molar-refractivity contribution < 1.29 is 13.6 Å². The van der Waals surface area contributed by atoms with E-state index in [0.29, 0.717) is 23.3 Å². The molecule has 0 N–H and O–H groups in total. The lowest BCUT2D eigenvalue weighted by molar-refractivity contribution is 0.103. The minimum Gasteiger partial charge on any atom is -0.460 e. The van der Waals surface area contributed by atoms with Gasteiger partial charge in [0.1, 0.15) is 17.2 Å². The largest absolute Gasteiger partial charge is 0.460 e. The SMILES string of the molecule is CCc1oc2ccccc2c1C(=O)c1cccc(Br)c1F. The zero-order valence-corrected chi connectivity index (χ0v) is 12.9. The Balaban J connectivity index is 2.24. The number of aryl methyl sites for hydroxylation is 1. The van der Waals surface area contributed by atoms with Crippen LogP contribution in [0.15, 0.2) is 51.4 Å².